The molecule has 0 amide bonds. The summed E-state index contributed by atoms with van der Waals surface area (Å²) < 4.78 is 23.1. The van der Waals surface area contributed by atoms with Crippen molar-refractivity contribution < 1.29 is 8.83 Å². The first-order valence-electron chi connectivity index (χ1n) is 15.4. The molecule has 2 aliphatic heterocycles. The predicted octanol–water partition coefficient (Wildman–Crippen LogP) is 7.02. The van der Waals surface area contributed by atoms with Crippen molar-refractivity contribution in [3.8, 4) is 11.4 Å². The van der Waals surface area contributed by atoms with Crippen LogP contribution in [0.15, 0.2) is 124 Å². The van der Waals surface area contributed by atoms with Crippen LogP contribution in [0.25, 0.3) is 88.9 Å². The molecule has 0 radical (unpaired) electrons. The van der Waals surface area contributed by atoms with E-state index in [2.05, 4.69) is 133 Å². The van der Waals surface area contributed by atoms with E-state index in [-0.39, 0.29) is 6.71 Å². The Bertz CT molecular complexity index is 2970. The van der Waals surface area contributed by atoms with E-state index in [1.165, 1.54) is 60.9 Å². The van der Waals surface area contributed by atoms with Crippen LogP contribution in [-0.2, 0) is 0 Å². The summed E-state index contributed by atoms with van der Waals surface area (Å²) in [5.74, 6) is 0. The van der Waals surface area contributed by atoms with Gasteiger partial charge < -0.3 is 8.83 Å². The number of rotatable bonds is 0. The van der Waals surface area contributed by atoms with Crippen LogP contribution in [-0.4, -0.2) is 24.6 Å². The maximum absolute atomic E-state index is 6.70. The summed E-state index contributed by atoms with van der Waals surface area (Å²) in [6, 6.07) is 41.3. The Morgan fingerprint density at radius 2 is 0.867 bits per heavy atom. The zero-order valence-electron chi connectivity index (χ0n) is 23.7. The standard InChI is InChI=1S/C38H19BN4O2/c1-5-14-24-20(10-1)30-35-40(33-22-12-3-7-18-28(22)44-37(33)42(24)35)26-16-9-17-27-32(26)39(30)31-21-11-2-6-15-25(21)43-36(31)41(27)34-23-13-4-8-19-29(23)45-38(34)43/h1-19H. The number of benzene rings is 5. The van der Waals surface area contributed by atoms with E-state index in [4.69, 9.17) is 8.83 Å². The van der Waals surface area contributed by atoms with E-state index in [1.54, 1.807) is 0 Å². The first-order chi connectivity index (χ1) is 22.4. The zero-order chi connectivity index (χ0) is 28.7. The molecule has 0 fully saturated rings. The average molecular weight is 574 g/mol. The molecule has 45 heavy (non-hydrogen) atoms. The lowest BCUT2D eigenvalue weighted by molar-refractivity contribution is 0.651. The number of hydrogen-bond donors (Lipinski definition) is 0. The van der Waals surface area contributed by atoms with Gasteiger partial charge in [0.15, 0.2) is 0 Å². The molecule has 5 aromatic carbocycles. The Morgan fingerprint density at radius 3 is 1.38 bits per heavy atom. The molecule has 0 unspecified atom stereocenters. The molecule has 0 N–H and O–H groups in total. The molecular weight excluding hydrogens is 555 g/mol. The number of hydrogen-bond acceptors (Lipinski definition) is 2. The number of nitrogens with zero attached hydrogens (tertiary/aromatic N) is 4. The van der Waals surface area contributed by atoms with Crippen molar-refractivity contribution in [2.45, 2.75) is 0 Å². The van der Waals surface area contributed by atoms with Gasteiger partial charge in [0, 0.05) is 22.1 Å². The van der Waals surface area contributed by atoms with Crippen LogP contribution in [0.2, 0.25) is 0 Å². The van der Waals surface area contributed by atoms with Crippen LogP contribution in [0, 0.1) is 0 Å². The second kappa shape index (κ2) is 6.84. The number of aromatic nitrogens is 4. The van der Waals surface area contributed by atoms with E-state index >= 15 is 0 Å². The van der Waals surface area contributed by atoms with Gasteiger partial charge in [0.25, 0.3) is 6.71 Å². The Kier molecular flexibility index (Phi) is 3.28. The monoisotopic (exact) mass is 574 g/mol. The van der Waals surface area contributed by atoms with Crippen LogP contribution in [0.3, 0.4) is 0 Å². The van der Waals surface area contributed by atoms with Gasteiger partial charge in [-0.15, -0.1) is 0 Å². The molecule has 11 aromatic rings. The van der Waals surface area contributed by atoms with Gasteiger partial charge in [0.2, 0.25) is 11.4 Å². The van der Waals surface area contributed by atoms with Crippen LogP contribution in [0.1, 0.15) is 0 Å². The van der Waals surface area contributed by atoms with E-state index in [0.717, 1.165) is 44.4 Å². The first-order valence-corrected chi connectivity index (χ1v) is 15.4. The van der Waals surface area contributed by atoms with Crippen molar-refractivity contribution in [3.63, 3.8) is 0 Å². The van der Waals surface area contributed by atoms with Crippen LogP contribution >= 0.6 is 0 Å². The van der Waals surface area contributed by atoms with Crippen LogP contribution < -0.4 is 16.4 Å². The van der Waals surface area contributed by atoms with Crippen molar-refractivity contribution in [2.24, 2.45) is 0 Å². The predicted molar refractivity (Wildman–Crippen MR) is 181 cm³/mol. The lowest BCUT2D eigenvalue weighted by atomic mass is 9.34. The fourth-order valence-electron chi connectivity index (χ4n) is 9.04. The summed E-state index contributed by atoms with van der Waals surface area (Å²) in [5.41, 5.74) is 16.9. The van der Waals surface area contributed by atoms with Gasteiger partial charge in [-0.2, -0.15) is 0 Å². The average Bonchev–Trinajstić information content (AvgIpc) is 3.90. The fraction of sp³-hybridized carbons (Fsp3) is 0. The quantitative estimate of drug-likeness (QED) is 0.183. The second-order valence-corrected chi connectivity index (χ2v) is 12.5. The van der Waals surface area contributed by atoms with E-state index < -0.39 is 0 Å². The van der Waals surface area contributed by atoms with Gasteiger partial charge >= 0.3 is 0 Å². The van der Waals surface area contributed by atoms with Gasteiger partial charge in [-0.3, -0.25) is 17.9 Å². The third-order valence-electron chi connectivity index (χ3n) is 10.6. The molecule has 206 valence electrons. The maximum atomic E-state index is 6.70. The fourth-order valence-corrected chi connectivity index (χ4v) is 9.04. The highest BCUT2D eigenvalue weighted by Crippen LogP contribution is 2.43. The number of fused-ring (bicyclic) bond motifs is 20. The molecule has 0 aliphatic carbocycles. The highest BCUT2D eigenvalue weighted by Gasteiger charge is 2.45. The van der Waals surface area contributed by atoms with Gasteiger partial charge in [-0.25, -0.2) is 0 Å². The summed E-state index contributed by atoms with van der Waals surface area (Å²) in [7, 11) is 0. The summed E-state index contributed by atoms with van der Waals surface area (Å²) in [4.78, 5) is 0. The van der Waals surface area contributed by atoms with E-state index in [0.29, 0.717) is 0 Å². The molecule has 0 atom stereocenters. The Labute approximate surface area is 253 Å². The van der Waals surface area contributed by atoms with Crippen molar-refractivity contribution in [3.05, 3.63) is 115 Å². The minimum Gasteiger partial charge on any atom is -0.437 e. The molecule has 7 heteroatoms. The van der Waals surface area contributed by atoms with E-state index in [1.807, 2.05) is 0 Å². The SMILES string of the molecule is c1cc2c3c(c1)-n1c4c5ccccc5oc4n4c5ccccc5c(c14)B3c1c3ccccc3n3c4oc5ccccc5c4n-2c13. The number of para-hydroxylation sites is 4. The second-order valence-electron chi connectivity index (χ2n) is 12.5. The third kappa shape index (κ3) is 2.12. The Balaban J connectivity index is 1.35. The topological polar surface area (TPSA) is 45.0 Å². The summed E-state index contributed by atoms with van der Waals surface area (Å²) in [6.45, 7) is 0.0246. The minimum absolute atomic E-state index is 0.0246. The molecule has 8 heterocycles. The zero-order valence-corrected chi connectivity index (χ0v) is 23.7. The lowest BCUT2D eigenvalue weighted by Crippen LogP contribution is -2.59. The van der Waals surface area contributed by atoms with Crippen molar-refractivity contribution >= 4 is 101 Å². The summed E-state index contributed by atoms with van der Waals surface area (Å²) in [5, 5.41) is 4.76. The Morgan fingerprint density at radius 1 is 0.422 bits per heavy atom. The maximum Gasteiger partial charge on any atom is 0.258 e. The lowest BCUT2D eigenvalue weighted by Gasteiger charge is -2.31. The highest BCUT2D eigenvalue weighted by atomic mass is 16.3. The third-order valence-corrected chi connectivity index (χ3v) is 10.6. The molecular formula is C38H19BN4O2. The first kappa shape index (κ1) is 21.6. The Hall–Kier alpha value is -6.08. The summed E-state index contributed by atoms with van der Waals surface area (Å²) >= 11 is 0. The molecule has 0 spiro atoms. The minimum atomic E-state index is 0.0246. The molecule has 6 aromatic heterocycles. The highest BCUT2D eigenvalue weighted by molar-refractivity contribution is 7.02. The van der Waals surface area contributed by atoms with Crippen LogP contribution in [0.4, 0.5) is 0 Å². The van der Waals surface area contributed by atoms with Gasteiger partial charge in [0.1, 0.15) is 33.5 Å². The van der Waals surface area contributed by atoms with E-state index in [9.17, 15) is 0 Å². The molecule has 0 bridgehead atoms. The van der Waals surface area contributed by atoms with Crippen molar-refractivity contribution in [2.75, 3.05) is 0 Å². The van der Waals surface area contributed by atoms with Crippen molar-refractivity contribution in [1.82, 2.24) is 17.9 Å². The molecule has 0 saturated carbocycles. The molecule has 6 nitrogen and oxygen atoms in total. The molecule has 2 aliphatic rings. The van der Waals surface area contributed by atoms with Crippen molar-refractivity contribution in [1.29, 1.82) is 0 Å². The smallest absolute Gasteiger partial charge is 0.258 e. The normalized spacial score (nSPS) is 13.7. The van der Waals surface area contributed by atoms with Crippen LogP contribution in [0.5, 0.6) is 0 Å². The summed E-state index contributed by atoms with van der Waals surface area (Å²) in [6.07, 6.45) is 0. The van der Waals surface area contributed by atoms with Gasteiger partial charge in [0.05, 0.1) is 11.0 Å². The molecule has 13 rings (SSSR count). The number of furan rings is 2. The van der Waals surface area contributed by atoms with Gasteiger partial charge in [-0.1, -0.05) is 66.7 Å². The van der Waals surface area contributed by atoms with Gasteiger partial charge in [-0.05, 0) is 75.7 Å². The number of imidazole rings is 2. The molecule has 0 saturated heterocycles. The largest absolute Gasteiger partial charge is 0.437 e.